The highest BCUT2D eigenvalue weighted by Gasteiger charge is 2.29. The van der Waals surface area contributed by atoms with Gasteiger partial charge in [0.15, 0.2) is 0 Å². The van der Waals surface area contributed by atoms with Crippen LogP contribution in [0.25, 0.3) is 0 Å². The predicted molar refractivity (Wildman–Crippen MR) is 59.9 cm³/mol. The third-order valence-electron chi connectivity index (χ3n) is 3.49. The number of nitrogens with one attached hydrogen (secondary N) is 1. The van der Waals surface area contributed by atoms with Gasteiger partial charge in [0.2, 0.25) is 11.8 Å². The number of likely N-dealkylation sites (N-methyl/N-ethyl adjacent to an activating group) is 1. The highest BCUT2D eigenvalue weighted by Crippen LogP contribution is 2.14. The molecule has 2 fully saturated rings. The van der Waals surface area contributed by atoms with E-state index in [4.69, 9.17) is 0 Å². The lowest BCUT2D eigenvalue weighted by atomic mass is 10.1. The summed E-state index contributed by atoms with van der Waals surface area (Å²) < 4.78 is 0. The number of hydrogen-bond donors (Lipinski definition) is 1. The molecular formula is C11H19N3O2. The molecule has 0 bridgehead atoms. The molecule has 0 saturated carbocycles. The molecule has 5 heteroatoms. The highest BCUT2D eigenvalue weighted by molar-refractivity contribution is 6.01. The number of hydrogen-bond acceptors (Lipinski definition) is 4. The zero-order valence-electron chi connectivity index (χ0n) is 9.74. The first-order valence-electron chi connectivity index (χ1n) is 5.92. The standard InChI is InChI=1S/C11H19N3O2/c1-13-7-5-12-8-9(13)4-6-14-10(15)2-3-11(14)16/h9,12H,2-8H2,1H3. The van der Waals surface area contributed by atoms with Crippen molar-refractivity contribution >= 4 is 11.8 Å². The van der Waals surface area contributed by atoms with E-state index < -0.39 is 0 Å². The first kappa shape index (κ1) is 11.5. The molecule has 0 aliphatic carbocycles. The minimum atomic E-state index is -0.00331. The van der Waals surface area contributed by atoms with Gasteiger partial charge in [-0.1, -0.05) is 0 Å². The molecule has 0 radical (unpaired) electrons. The second-order valence-electron chi connectivity index (χ2n) is 4.57. The van der Waals surface area contributed by atoms with Crippen LogP contribution in [0.5, 0.6) is 0 Å². The van der Waals surface area contributed by atoms with Crippen LogP contribution in [-0.4, -0.2) is 60.9 Å². The van der Waals surface area contributed by atoms with Crippen LogP contribution in [0.15, 0.2) is 0 Å². The Morgan fingerprint density at radius 3 is 2.62 bits per heavy atom. The Kier molecular flexibility index (Phi) is 3.56. The lowest BCUT2D eigenvalue weighted by molar-refractivity contribution is -0.138. The van der Waals surface area contributed by atoms with Gasteiger partial charge in [0.05, 0.1) is 0 Å². The molecule has 1 atom stereocenters. The average molecular weight is 225 g/mol. The van der Waals surface area contributed by atoms with Gasteiger partial charge in [-0.3, -0.25) is 14.5 Å². The first-order valence-corrected chi connectivity index (χ1v) is 5.92. The number of likely N-dealkylation sites (tertiary alicyclic amines) is 1. The molecule has 0 spiro atoms. The number of piperazine rings is 1. The SMILES string of the molecule is CN1CCNCC1CCN1C(=O)CCC1=O. The van der Waals surface area contributed by atoms with Crippen LogP contribution in [0.3, 0.4) is 0 Å². The molecule has 0 aromatic carbocycles. The predicted octanol–water partition coefficient (Wildman–Crippen LogP) is -0.571. The van der Waals surface area contributed by atoms with Crippen LogP contribution in [0, 0.1) is 0 Å². The van der Waals surface area contributed by atoms with Crippen molar-refractivity contribution in [3.8, 4) is 0 Å². The topological polar surface area (TPSA) is 52.6 Å². The molecule has 16 heavy (non-hydrogen) atoms. The zero-order valence-corrected chi connectivity index (χ0v) is 9.74. The quantitative estimate of drug-likeness (QED) is 0.654. The molecule has 0 aromatic heterocycles. The molecule has 0 aromatic rings. The van der Waals surface area contributed by atoms with Gasteiger partial charge in [-0.05, 0) is 13.5 Å². The van der Waals surface area contributed by atoms with Crippen molar-refractivity contribution in [2.24, 2.45) is 0 Å². The van der Waals surface area contributed by atoms with Crippen molar-refractivity contribution in [3.63, 3.8) is 0 Å². The second kappa shape index (κ2) is 4.93. The summed E-state index contributed by atoms with van der Waals surface area (Å²) in [5.41, 5.74) is 0. The van der Waals surface area contributed by atoms with Crippen molar-refractivity contribution in [1.29, 1.82) is 0 Å². The van der Waals surface area contributed by atoms with Gasteiger partial charge in [0.1, 0.15) is 0 Å². The molecule has 2 aliphatic heterocycles. The monoisotopic (exact) mass is 225 g/mol. The summed E-state index contributed by atoms with van der Waals surface area (Å²) in [6.07, 6.45) is 1.68. The van der Waals surface area contributed by atoms with Crippen molar-refractivity contribution < 1.29 is 9.59 Å². The molecule has 5 nitrogen and oxygen atoms in total. The Bertz CT molecular complexity index is 277. The molecular weight excluding hydrogens is 206 g/mol. The van der Waals surface area contributed by atoms with Crippen molar-refractivity contribution in [2.75, 3.05) is 33.2 Å². The summed E-state index contributed by atoms with van der Waals surface area (Å²) >= 11 is 0. The third kappa shape index (κ3) is 2.41. The Hall–Kier alpha value is -0.940. The molecule has 2 aliphatic rings. The fourth-order valence-electron chi connectivity index (χ4n) is 2.34. The fraction of sp³-hybridized carbons (Fsp3) is 0.818. The van der Waals surface area contributed by atoms with E-state index in [1.165, 1.54) is 4.90 Å². The molecule has 2 rings (SSSR count). The number of nitrogens with zero attached hydrogens (tertiary/aromatic N) is 2. The van der Waals surface area contributed by atoms with Crippen LogP contribution in [0.2, 0.25) is 0 Å². The number of carbonyl (C=O) groups excluding carboxylic acids is 2. The van der Waals surface area contributed by atoms with Gasteiger partial charge >= 0.3 is 0 Å². The largest absolute Gasteiger partial charge is 0.314 e. The Labute approximate surface area is 95.8 Å². The zero-order chi connectivity index (χ0) is 11.5. The van der Waals surface area contributed by atoms with Crippen LogP contribution in [-0.2, 0) is 9.59 Å². The number of imide groups is 1. The van der Waals surface area contributed by atoms with Gasteiger partial charge in [0.25, 0.3) is 0 Å². The fourth-order valence-corrected chi connectivity index (χ4v) is 2.34. The molecule has 2 amide bonds. The van der Waals surface area contributed by atoms with Gasteiger partial charge in [0, 0.05) is 45.1 Å². The van der Waals surface area contributed by atoms with E-state index in [9.17, 15) is 9.59 Å². The number of rotatable bonds is 3. The maximum absolute atomic E-state index is 11.4. The van der Waals surface area contributed by atoms with E-state index in [1.807, 2.05) is 0 Å². The van der Waals surface area contributed by atoms with Gasteiger partial charge < -0.3 is 10.2 Å². The molecule has 1 unspecified atom stereocenters. The smallest absolute Gasteiger partial charge is 0.229 e. The molecule has 90 valence electrons. The number of carbonyl (C=O) groups is 2. The van der Waals surface area contributed by atoms with E-state index in [-0.39, 0.29) is 11.8 Å². The maximum atomic E-state index is 11.4. The van der Waals surface area contributed by atoms with E-state index in [0.29, 0.717) is 25.4 Å². The minimum Gasteiger partial charge on any atom is -0.314 e. The van der Waals surface area contributed by atoms with Crippen molar-refractivity contribution in [3.05, 3.63) is 0 Å². The molecule has 1 N–H and O–H groups in total. The van der Waals surface area contributed by atoms with Crippen LogP contribution >= 0.6 is 0 Å². The van der Waals surface area contributed by atoms with E-state index >= 15 is 0 Å². The van der Waals surface area contributed by atoms with Gasteiger partial charge in [-0.2, -0.15) is 0 Å². The van der Waals surface area contributed by atoms with E-state index in [2.05, 4.69) is 17.3 Å². The van der Waals surface area contributed by atoms with Crippen LogP contribution in [0.4, 0.5) is 0 Å². The summed E-state index contributed by atoms with van der Waals surface area (Å²) in [7, 11) is 2.10. The Morgan fingerprint density at radius 2 is 2.00 bits per heavy atom. The summed E-state index contributed by atoms with van der Waals surface area (Å²) in [5.74, 6) is -0.00663. The van der Waals surface area contributed by atoms with Gasteiger partial charge in [-0.25, -0.2) is 0 Å². The maximum Gasteiger partial charge on any atom is 0.229 e. The summed E-state index contributed by atoms with van der Waals surface area (Å²) in [4.78, 5) is 26.5. The summed E-state index contributed by atoms with van der Waals surface area (Å²) in [6.45, 7) is 3.59. The summed E-state index contributed by atoms with van der Waals surface area (Å²) in [5, 5.41) is 3.33. The van der Waals surface area contributed by atoms with Crippen molar-refractivity contribution in [2.45, 2.75) is 25.3 Å². The molecule has 2 saturated heterocycles. The van der Waals surface area contributed by atoms with Crippen molar-refractivity contribution in [1.82, 2.24) is 15.1 Å². The highest BCUT2D eigenvalue weighted by atomic mass is 16.2. The third-order valence-corrected chi connectivity index (χ3v) is 3.49. The van der Waals surface area contributed by atoms with Gasteiger partial charge in [-0.15, -0.1) is 0 Å². The second-order valence-corrected chi connectivity index (χ2v) is 4.57. The van der Waals surface area contributed by atoms with Crippen LogP contribution in [0.1, 0.15) is 19.3 Å². The Balaban J connectivity index is 1.82. The normalized spacial score (nSPS) is 27.8. The van der Waals surface area contributed by atoms with E-state index in [0.717, 1.165) is 26.1 Å². The number of amides is 2. The van der Waals surface area contributed by atoms with Crippen LogP contribution < -0.4 is 5.32 Å². The average Bonchev–Trinajstić information content (AvgIpc) is 2.58. The minimum absolute atomic E-state index is 0.00331. The summed E-state index contributed by atoms with van der Waals surface area (Å²) in [6, 6.07) is 0.440. The Morgan fingerprint density at radius 1 is 1.31 bits per heavy atom. The molecule has 2 heterocycles. The van der Waals surface area contributed by atoms with E-state index in [1.54, 1.807) is 0 Å². The first-order chi connectivity index (χ1) is 7.68. The lowest BCUT2D eigenvalue weighted by Gasteiger charge is -2.33. The lowest BCUT2D eigenvalue weighted by Crippen LogP contribution is -2.50.